The molecule has 1 aliphatic carbocycles. The quantitative estimate of drug-likeness (QED) is 0.594. The first-order chi connectivity index (χ1) is 12.1. The number of carbonyl (C=O) groups is 1. The van der Waals surface area contributed by atoms with Gasteiger partial charge in [0.25, 0.3) is 0 Å². The van der Waals surface area contributed by atoms with Gasteiger partial charge in [0.15, 0.2) is 5.78 Å². The molecule has 3 rings (SSSR count). The molecule has 3 heteroatoms. The third kappa shape index (κ3) is 4.79. The Morgan fingerprint density at radius 2 is 1.56 bits per heavy atom. The molecule has 0 aromatic heterocycles. The number of hydrogen-bond acceptors (Lipinski definition) is 2. The SMILES string of the molecule is Cc1ccc(/C(=C/C(=O)c2ccc(F)cc2)NC2CCCCC2)cc1. The summed E-state index contributed by atoms with van der Waals surface area (Å²) in [5.74, 6) is -0.446. The highest BCUT2D eigenvalue weighted by Gasteiger charge is 2.16. The number of benzene rings is 2. The number of nitrogens with one attached hydrogen (secondary N) is 1. The van der Waals surface area contributed by atoms with E-state index in [-0.39, 0.29) is 11.6 Å². The highest BCUT2D eigenvalue weighted by Crippen LogP contribution is 2.22. The summed E-state index contributed by atoms with van der Waals surface area (Å²) in [6, 6.07) is 14.3. The van der Waals surface area contributed by atoms with Crippen LogP contribution in [-0.4, -0.2) is 11.8 Å². The maximum Gasteiger partial charge on any atom is 0.187 e. The molecular weight excluding hydrogens is 313 g/mol. The molecule has 2 aromatic rings. The van der Waals surface area contributed by atoms with Crippen LogP contribution in [-0.2, 0) is 0 Å². The molecule has 2 nitrogen and oxygen atoms in total. The van der Waals surface area contributed by atoms with Crippen LogP contribution in [0.2, 0.25) is 0 Å². The second-order valence-corrected chi connectivity index (χ2v) is 6.77. The van der Waals surface area contributed by atoms with Gasteiger partial charge in [-0.1, -0.05) is 49.1 Å². The normalized spacial score (nSPS) is 15.8. The number of hydrogen-bond donors (Lipinski definition) is 1. The molecule has 1 fully saturated rings. The average Bonchev–Trinajstić information content (AvgIpc) is 2.63. The summed E-state index contributed by atoms with van der Waals surface area (Å²) < 4.78 is 13.1. The molecule has 0 spiro atoms. The average molecular weight is 337 g/mol. The van der Waals surface area contributed by atoms with Gasteiger partial charge in [0.1, 0.15) is 5.82 Å². The van der Waals surface area contributed by atoms with Gasteiger partial charge in [0, 0.05) is 23.4 Å². The van der Waals surface area contributed by atoms with Gasteiger partial charge >= 0.3 is 0 Å². The summed E-state index contributed by atoms with van der Waals surface area (Å²) in [6.07, 6.45) is 7.65. The van der Waals surface area contributed by atoms with Crippen molar-refractivity contribution in [2.24, 2.45) is 0 Å². The molecule has 1 N–H and O–H groups in total. The smallest absolute Gasteiger partial charge is 0.187 e. The van der Waals surface area contributed by atoms with Gasteiger partial charge in [-0.15, -0.1) is 0 Å². The Morgan fingerprint density at radius 3 is 2.20 bits per heavy atom. The molecule has 0 radical (unpaired) electrons. The van der Waals surface area contributed by atoms with Crippen LogP contribution in [0, 0.1) is 12.7 Å². The van der Waals surface area contributed by atoms with Crippen LogP contribution < -0.4 is 5.32 Å². The Morgan fingerprint density at radius 1 is 0.960 bits per heavy atom. The molecule has 1 aliphatic rings. The van der Waals surface area contributed by atoms with E-state index >= 15 is 0 Å². The minimum atomic E-state index is -0.334. The zero-order valence-electron chi connectivity index (χ0n) is 14.6. The van der Waals surface area contributed by atoms with E-state index < -0.39 is 0 Å². The lowest BCUT2D eigenvalue weighted by molar-refractivity contribution is 0.104. The van der Waals surface area contributed by atoms with E-state index in [1.54, 1.807) is 6.08 Å². The largest absolute Gasteiger partial charge is 0.382 e. The molecule has 0 heterocycles. The minimum absolute atomic E-state index is 0.112. The minimum Gasteiger partial charge on any atom is -0.382 e. The predicted molar refractivity (Wildman–Crippen MR) is 99.9 cm³/mol. The third-order valence-corrected chi connectivity index (χ3v) is 4.73. The Bertz CT molecular complexity index is 741. The monoisotopic (exact) mass is 337 g/mol. The van der Waals surface area contributed by atoms with E-state index in [0.717, 1.165) is 24.1 Å². The summed E-state index contributed by atoms with van der Waals surface area (Å²) in [5.41, 5.74) is 3.54. The second-order valence-electron chi connectivity index (χ2n) is 6.77. The number of ketones is 1. The number of allylic oxidation sites excluding steroid dienone is 1. The first-order valence-electron chi connectivity index (χ1n) is 8.97. The van der Waals surface area contributed by atoms with Crippen LogP contribution in [0.3, 0.4) is 0 Å². The van der Waals surface area contributed by atoms with Crippen LogP contribution in [0.25, 0.3) is 5.70 Å². The van der Waals surface area contributed by atoms with Gasteiger partial charge < -0.3 is 5.32 Å². The molecule has 0 aliphatic heterocycles. The Balaban J connectivity index is 1.87. The first kappa shape index (κ1) is 17.4. The molecule has 130 valence electrons. The van der Waals surface area contributed by atoms with Crippen molar-refractivity contribution in [1.82, 2.24) is 5.32 Å². The van der Waals surface area contributed by atoms with E-state index in [2.05, 4.69) is 5.32 Å². The predicted octanol–water partition coefficient (Wildman–Crippen LogP) is 5.28. The van der Waals surface area contributed by atoms with E-state index in [9.17, 15) is 9.18 Å². The van der Waals surface area contributed by atoms with Crippen LogP contribution in [0.1, 0.15) is 53.6 Å². The fourth-order valence-corrected chi connectivity index (χ4v) is 3.24. The van der Waals surface area contributed by atoms with Gasteiger partial charge in [-0.2, -0.15) is 0 Å². The fourth-order valence-electron chi connectivity index (χ4n) is 3.24. The van der Waals surface area contributed by atoms with Crippen molar-refractivity contribution in [3.8, 4) is 0 Å². The lowest BCUT2D eigenvalue weighted by Gasteiger charge is -2.25. The van der Waals surface area contributed by atoms with E-state index in [0.29, 0.717) is 11.6 Å². The second kappa shape index (κ2) is 8.11. The van der Waals surface area contributed by atoms with Crippen molar-refractivity contribution >= 4 is 11.5 Å². The van der Waals surface area contributed by atoms with Crippen molar-refractivity contribution in [2.75, 3.05) is 0 Å². The zero-order valence-corrected chi connectivity index (χ0v) is 14.6. The molecule has 0 amide bonds. The van der Waals surface area contributed by atoms with Crippen molar-refractivity contribution in [1.29, 1.82) is 0 Å². The Hall–Kier alpha value is -2.42. The number of carbonyl (C=O) groups excluding carboxylic acids is 1. The molecule has 0 saturated heterocycles. The fraction of sp³-hybridized carbons (Fsp3) is 0.318. The molecule has 25 heavy (non-hydrogen) atoms. The van der Waals surface area contributed by atoms with Crippen LogP contribution in [0.5, 0.6) is 0 Å². The molecule has 1 saturated carbocycles. The standard InChI is InChI=1S/C22H24FNO/c1-16-7-9-17(10-8-16)21(24-20-5-3-2-4-6-20)15-22(25)18-11-13-19(23)14-12-18/h7-15,20,24H,2-6H2,1H3/b21-15-. The van der Waals surface area contributed by atoms with Gasteiger partial charge in [-0.3, -0.25) is 4.79 Å². The first-order valence-corrected chi connectivity index (χ1v) is 8.97. The van der Waals surface area contributed by atoms with Gasteiger partial charge in [-0.25, -0.2) is 4.39 Å². The zero-order chi connectivity index (χ0) is 17.6. The van der Waals surface area contributed by atoms with Crippen molar-refractivity contribution < 1.29 is 9.18 Å². The van der Waals surface area contributed by atoms with Gasteiger partial charge in [0.2, 0.25) is 0 Å². The van der Waals surface area contributed by atoms with E-state index in [4.69, 9.17) is 0 Å². The lowest BCUT2D eigenvalue weighted by Crippen LogP contribution is -2.30. The van der Waals surface area contributed by atoms with Gasteiger partial charge in [0.05, 0.1) is 0 Å². The van der Waals surface area contributed by atoms with Crippen molar-refractivity contribution in [3.63, 3.8) is 0 Å². The maximum atomic E-state index is 13.1. The van der Waals surface area contributed by atoms with Crippen LogP contribution >= 0.6 is 0 Å². The maximum absolute atomic E-state index is 13.1. The summed E-state index contributed by atoms with van der Waals surface area (Å²) in [4.78, 5) is 12.6. The van der Waals surface area contributed by atoms with Crippen LogP contribution in [0.4, 0.5) is 4.39 Å². The van der Waals surface area contributed by atoms with E-state index in [1.807, 2.05) is 31.2 Å². The van der Waals surface area contributed by atoms with Crippen molar-refractivity contribution in [3.05, 3.63) is 77.1 Å². The molecule has 2 aromatic carbocycles. The number of rotatable bonds is 5. The highest BCUT2D eigenvalue weighted by molar-refractivity contribution is 6.08. The molecule has 0 unspecified atom stereocenters. The van der Waals surface area contributed by atoms with Crippen LogP contribution in [0.15, 0.2) is 54.6 Å². The third-order valence-electron chi connectivity index (χ3n) is 4.73. The highest BCUT2D eigenvalue weighted by atomic mass is 19.1. The summed E-state index contributed by atoms with van der Waals surface area (Å²) in [6.45, 7) is 2.05. The lowest BCUT2D eigenvalue weighted by atomic mass is 9.94. The number of aryl methyl sites for hydroxylation is 1. The Kier molecular flexibility index (Phi) is 5.64. The molecule has 0 bridgehead atoms. The van der Waals surface area contributed by atoms with E-state index in [1.165, 1.54) is 49.1 Å². The molecule has 0 atom stereocenters. The topological polar surface area (TPSA) is 29.1 Å². The van der Waals surface area contributed by atoms with Crippen molar-refractivity contribution in [2.45, 2.75) is 45.1 Å². The summed E-state index contributed by atoms with van der Waals surface area (Å²) >= 11 is 0. The summed E-state index contributed by atoms with van der Waals surface area (Å²) in [7, 11) is 0. The Labute approximate surface area is 148 Å². The summed E-state index contributed by atoms with van der Waals surface area (Å²) in [5, 5.41) is 3.57. The van der Waals surface area contributed by atoms with Gasteiger partial charge in [-0.05, 0) is 49.6 Å². The number of halogens is 1. The molecular formula is C22H24FNO.